The maximum absolute atomic E-state index is 10.4. The number of benzene rings is 1. The van der Waals surface area contributed by atoms with Gasteiger partial charge in [0, 0.05) is 17.7 Å². The minimum Gasteiger partial charge on any atom is -0.550 e. The number of phenols is 1. The van der Waals surface area contributed by atoms with Crippen LogP contribution in [0.1, 0.15) is 19.8 Å². The zero-order valence-corrected chi connectivity index (χ0v) is 16.8. The van der Waals surface area contributed by atoms with Gasteiger partial charge in [-0.15, -0.1) is 0 Å². The van der Waals surface area contributed by atoms with Crippen molar-refractivity contribution in [2.24, 2.45) is 0 Å². The first kappa shape index (κ1) is 21.1. The molecular formula is C16H14Cl2NNaO4. The molecule has 0 spiro atoms. The quantitative estimate of drug-likeness (QED) is 0.720. The minimum atomic E-state index is -1.14. The second kappa shape index (κ2) is 9.49. The summed E-state index contributed by atoms with van der Waals surface area (Å²) in [5, 5.41) is 21.3. The minimum absolute atomic E-state index is 0. The number of aliphatic carboxylic acids is 1. The van der Waals surface area contributed by atoms with E-state index in [2.05, 4.69) is 4.98 Å². The molecule has 1 heterocycles. The zero-order valence-electron chi connectivity index (χ0n) is 13.3. The van der Waals surface area contributed by atoms with E-state index >= 15 is 0 Å². The fraction of sp³-hybridized carbons (Fsp3) is 0.250. The molecule has 0 aliphatic heterocycles. The predicted molar refractivity (Wildman–Crippen MR) is 85.7 cm³/mol. The van der Waals surface area contributed by atoms with E-state index in [0.29, 0.717) is 21.3 Å². The number of carbonyl (C=O) groups excluding carboxylic acids is 1. The van der Waals surface area contributed by atoms with Crippen LogP contribution in [0.15, 0.2) is 30.5 Å². The largest absolute Gasteiger partial charge is 1.00 e. The molecule has 8 heteroatoms. The van der Waals surface area contributed by atoms with Crippen LogP contribution in [0, 0.1) is 0 Å². The van der Waals surface area contributed by atoms with Gasteiger partial charge in [0.2, 0.25) is 0 Å². The molecule has 0 bridgehead atoms. The molecule has 0 amide bonds. The van der Waals surface area contributed by atoms with Crippen molar-refractivity contribution in [2.75, 3.05) is 0 Å². The van der Waals surface area contributed by atoms with Crippen LogP contribution in [0.3, 0.4) is 0 Å². The zero-order chi connectivity index (χ0) is 17.0. The first-order chi connectivity index (χ1) is 10.9. The van der Waals surface area contributed by atoms with Crippen molar-refractivity contribution in [3.8, 4) is 22.8 Å². The molecular weight excluding hydrogens is 364 g/mol. The first-order valence-corrected chi connectivity index (χ1v) is 7.63. The van der Waals surface area contributed by atoms with Crippen LogP contribution in [-0.2, 0) is 4.79 Å². The van der Waals surface area contributed by atoms with E-state index in [-0.39, 0.29) is 60.0 Å². The summed E-state index contributed by atoms with van der Waals surface area (Å²) in [6, 6.07) is 6.31. The van der Waals surface area contributed by atoms with Crippen molar-refractivity contribution >= 4 is 29.2 Å². The molecule has 0 aliphatic rings. The van der Waals surface area contributed by atoms with Gasteiger partial charge in [0.15, 0.2) is 11.5 Å². The topological polar surface area (TPSA) is 82.5 Å². The van der Waals surface area contributed by atoms with Crippen LogP contribution < -0.4 is 39.4 Å². The van der Waals surface area contributed by atoms with E-state index in [9.17, 15) is 15.0 Å². The summed E-state index contributed by atoms with van der Waals surface area (Å²) in [4.78, 5) is 14.6. The average Bonchev–Trinajstić information content (AvgIpc) is 2.47. The molecule has 2 rings (SSSR count). The summed E-state index contributed by atoms with van der Waals surface area (Å²) in [6.45, 7) is 1.72. The molecule has 0 fully saturated rings. The van der Waals surface area contributed by atoms with Crippen LogP contribution in [-0.4, -0.2) is 22.2 Å². The Balaban J connectivity index is 0.00000288. The number of ether oxygens (including phenoxy) is 1. The van der Waals surface area contributed by atoms with Crippen LogP contribution in [0.2, 0.25) is 10.0 Å². The standard InChI is InChI=1S/C16H15Cl2NO4.Na/c1-9(2-5-15(21)22)23-14-4-3-10(6-13(14)20)16-12(18)7-11(17)8-19-16;/h3-4,6-9,20H,2,5H2,1H3,(H,21,22);/q;+1/p-1. The smallest absolute Gasteiger partial charge is 0.550 e. The third kappa shape index (κ3) is 5.83. The van der Waals surface area contributed by atoms with Crippen molar-refractivity contribution in [2.45, 2.75) is 25.9 Å². The third-order valence-corrected chi connectivity index (χ3v) is 3.62. The number of rotatable bonds is 6. The number of halogens is 2. The summed E-state index contributed by atoms with van der Waals surface area (Å²) >= 11 is 11.9. The van der Waals surface area contributed by atoms with Gasteiger partial charge in [0.25, 0.3) is 0 Å². The molecule has 0 saturated heterocycles. The van der Waals surface area contributed by atoms with Gasteiger partial charge in [-0.25, -0.2) is 0 Å². The SMILES string of the molecule is CC(CCC(=O)[O-])Oc1ccc(-c2ncc(Cl)cc2Cl)cc1O.[Na+]. The van der Waals surface area contributed by atoms with Gasteiger partial charge in [0.1, 0.15) is 0 Å². The van der Waals surface area contributed by atoms with Gasteiger partial charge in [-0.05, 0) is 44.0 Å². The van der Waals surface area contributed by atoms with Crippen LogP contribution in [0.25, 0.3) is 11.3 Å². The van der Waals surface area contributed by atoms with Crippen molar-refractivity contribution in [3.05, 3.63) is 40.5 Å². The molecule has 1 unspecified atom stereocenters. The van der Waals surface area contributed by atoms with Crippen molar-refractivity contribution in [1.29, 1.82) is 0 Å². The molecule has 0 saturated carbocycles. The number of aromatic hydroxyl groups is 1. The number of hydrogen-bond acceptors (Lipinski definition) is 5. The molecule has 2 aromatic rings. The second-order valence-electron chi connectivity index (χ2n) is 5.01. The monoisotopic (exact) mass is 377 g/mol. The number of carboxylic acid groups (broad SMARTS) is 1. The van der Waals surface area contributed by atoms with Crippen LogP contribution in [0.5, 0.6) is 11.5 Å². The van der Waals surface area contributed by atoms with E-state index in [1.165, 1.54) is 12.3 Å². The molecule has 5 nitrogen and oxygen atoms in total. The average molecular weight is 378 g/mol. The van der Waals surface area contributed by atoms with Gasteiger partial charge in [-0.3, -0.25) is 4.98 Å². The van der Waals surface area contributed by atoms with Crippen molar-refractivity contribution in [1.82, 2.24) is 4.98 Å². The Kier molecular flexibility index (Phi) is 8.33. The summed E-state index contributed by atoms with van der Waals surface area (Å²) in [6.07, 6.45) is 1.27. The fourth-order valence-corrected chi connectivity index (χ4v) is 2.48. The molecule has 1 aromatic carbocycles. The van der Waals surface area contributed by atoms with E-state index in [1.807, 2.05) is 0 Å². The molecule has 122 valence electrons. The molecule has 1 aromatic heterocycles. The molecule has 0 radical (unpaired) electrons. The molecule has 24 heavy (non-hydrogen) atoms. The number of carbonyl (C=O) groups is 1. The molecule has 1 atom stereocenters. The Morgan fingerprint density at radius 3 is 2.67 bits per heavy atom. The second-order valence-corrected chi connectivity index (χ2v) is 5.85. The summed E-state index contributed by atoms with van der Waals surface area (Å²) < 4.78 is 5.52. The van der Waals surface area contributed by atoms with Gasteiger partial charge in [-0.1, -0.05) is 23.2 Å². The maximum Gasteiger partial charge on any atom is 1.00 e. The first-order valence-electron chi connectivity index (χ1n) is 6.87. The predicted octanol–water partition coefficient (Wildman–Crippen LogP) is 0.0624. The van der Waals surface area contributed by atoms with Gasteiger partial charge < -0.3 is 19.7 Å². The Bertz CT molecular complexity index is 727. The van der Waals surface area contributed by atoms with Crippen LogP contribution >= 0.6 is 23.2 Å². The number of nitrogens with zero attached hydrogens (tertiary/aromatic N) is 1. The maximum atomic E-state index is 10.4. The van der Waals surface area contributed by atoms with E-state index in [1.54, 1.807) is 25.1 Å². The summed E-state index contributed by atoms with van der Waals surface area (Å²) in [7, 11) is 0. The Labute approximate surface area is 171 Å². The number of pyridine rings is 1. The van der Waals surface area contributed by atoms with Crippen molar-refractivity contribution < 1.29 is 49.3 Å². The summed E-state index contributed by atoms with van der Waals surface area (Å²) in [5.74, 6) is -0.969. The molecule has 1 N–H and O–H groups in total. The van der Waals surface area contributed by atoms with E-state index < -0.39 is 5.97 Å². The van der Waals surface area contributed by atoms with Gasteiger partial charge >= 0.3 is 29.6 Å². The van der Waals surface area contributed by atoms with E-state index in [0.717, 1.165) is 0 Å². The van der Waals surface area contributed by atoms with Crippen molar-refractivity contribution in [3.63, 3.8) is 0 Å². The fourth-order valence-electron chi connectivity index (χ4n) is 1.99. The number of hydrogen-bond donors (Lipinski definition) is 1. The van der Waals surface area contributed by atoms with Gasteiger partial charge in [-0.2, -0.15) is 0 Å². The number of carboxylic acids is 1. The third-order valence-electron chi connectivity index (χ3n) is 3.12. The number of phenolic OH excluding ortho intramolecular Hbond substituents is 1. The normalized spacial score (nSPS) is 11.5. The van der Waals surface area contributed by atoms with Gasteiger partial charge in [0.05, 0.1) is 21.8 Å². The molecule has 0 aliphatic carbocycles. The Morgan fingerprint density at radius 1 is 1.38 bits per heavy atom. The Morgan fingerprint density at radius 2 is 2.08 bits per heavy atom. The Hall–Kier alpha value is -0.980. The van der Waals surface area contributed by atoms with E-state index in [4.69, 9.17) is 27.9 Å². The van der Waals surface area contributed by atoms with Crippen LogP contribution in [0.4, 0.5) is 0 Å². The summed E-state index contributed by atoms with van der Waals surface area (Å²) in [5.41, 5.74) is 1.10. The number of aromatic nitrogens is 1.